The molecule has 0 radical (unpaired) electrons. The van der Waals surface area contributed by atoms with Crippen molar-refractivity contribution in [1.82, 2.24) is 0 Å². The van der Waals surface area contributed by atoms with E-state index in [4.69, 9.17) is 9.59 Å². The maximum atomic E-state index is 10.8. The first kappa shape index (κ1) is 11.4. The molecule has 0 aliphatic carbocycles. The van der Waals surface area contributed by atoms with Crippen molar-refractivity contribution in [2.75, 3.05) is 0 Å². The van der Waals surface area contributed by atoms with Gasteiger partial charge in [0.2, 0.25) is 0 Å². The number of rotatable bonds is 1. The summed E-state index contributed by atoms with van der Waals surface area (Å²) < 4.78 is 41.3. The number of halogens is 3. The molecule has 0 aliphatic rings. The van der Waals surface area contributed by atoms with Gasteiger partial charge in [0.05, 0.1) is 0 Å². The van der Waals surface area contributed by atoms with E-state index in [0.29, 0.717) is 0 Å². The van der Waals surface area contributed by atoms with E-state index in [0.717, 1.165) is 0 Å². The van der Waals surface area contributed by atoms with Gasteiger partial charge in [0.15, 0.2) is 0 Å². The van der Waals surface area contributed by atoms with E-state index >= 15 is 0 Å². The molecule has 0 heterocycles. The molecular formula is H2BF3LiO2P. The van der Waals surface area contributed by atoms with E-state index in [1.807, 2.05) is 0 Å². The molecule has 44 valence electrons. The van der Waals surface area contributed by atoms with Crippen molar-refractivity contribution in [3.63, 3.8) is 0 Å². The Bertz CT molecular complexity index is 99.5. The summed E-state index contributed by atoms with van der Waals surface area (Å²) in [6.45, 7) is -3.48. The first-order valence-corrected chi connectivity index (χ1v) is 2.81. The van der Waals surface area contributed by atoms with E-state index in [1.54, 1.807) is 0 Å². The predicted octanol–water partition coefficient (Wildman–Crippen LogP) is 0.417. The quantitative estimate of drug-likeness (QED) is 0.423. The fourth-order valence-corrected chi connectivity index (χ4v) is 0. The van der Waals surface area contributed by atoms with Gasteiger partial charge in [-0.1, -0.05) is 0 Å². The average molecular weight is 140 g/mol. The van der Waals surface area contributed by atoms with E-state index in [2.05, 4.69) is 0 Å². The van der Waals surface area contributed by atoms with Crippen molar-refractivity contribution in [2.45, 2.75) is 0 Å². The molecule has 0 unspecified atom stereocenters. The summed E-state index contributed by atoms with van der Waals surface area (Å²) in [7, 11) is -5.85. The summed E-state index contributed by atoms with van der Waals surface area (Å²) in [5.41, 5.74) is 0. The second kappa shape index (κ2) is 3.63. The molecule has 0 spiro atoms. The molecule has 0 saturated heterocycles. The Morgan fingerprint density at radius 3 is 1.62 bits per heavy atom. The van der Waals surface area contributed by atoms with Gasteiger partial charge in [0.25, 0.3) is 0 Å². The molecule has 0 aromatic rings. The molecule has 0 aromatic heterocycles. The molecule has 0 aliphatic heterocycles. The van der Waals surface area contributed by atoms with Gasteiger partial charge in [-0.2, -0.15) is 8.39 Å². The van der Waals surface area contributed by atoms with E-state index in [-0.39, 0.29) is 18.9 Å². The summed E-state index contributed by atoms with van der Waals surface area (Å²) in [5, 5.41) is 7.21. The van der Waals surface area contributed by atoms with Crippen LogP contribution in [0.25, 0.3) is 0 Å². The second-order valence-electron chi connectivity index (χ2n) is 0.813. The third kappa shape index (κ3) is 4.79. The van der Waals surface area contributed by atoms with Gasteiger partial charge >= 0.3 is 33.4 Å². The molecule has 0 atom stereocenters. The van der Waals surface area contributed by atoms with E-state index in [1.165, 1.54) is 0 Å². The molecule has 0 aromatic carbocycles. The number of hydrogen-bond acceptors (Lipinski definition) is 2. The zero-order valence-electron chi connectivity index (χ0n) is 3.01. The monoisotopic (exact) mass is 140 g/mol. The zero-order chi connectivity index (χ0) is 6.08. The van der Waals surface area contributed by atoms with Crippen LogP contribution < -0.4 is 0 Å². The minimum absolute atomic E-state index is 0. The van der Waals surface area contributed by atoms with Gasteiger partial charge in [0.1, 0.15) is 0 Å². The van der Waals surface area contributed by atoms with Crippen molar-refractivity contribution < 1.29 is 22.3 Å². The Morgan fingerprint density at radius 1 is 1.50 bits per heavy atom. The van der Waals surface area contributed by atoms with E-state index in [9.17, 15) is 12.7 Å². The van der Waals surface area contributed by atoms with Crippen molar-refractivity contribution in [3.8, 4) is 0 Å². The van der Waals surface area contributed by atoms with Crippen LogP contribution in [-0.2, 0) is 4.57 Å². The first-order valence-electron chi connectivity index (χ1n) is 1.26. The van der Waals surface area contributed by atoms with Crippen molar-refractivity contribution in [1.29, 1.82) is 0 Å². The molecule has 8 heteroatoms. The summed E-state index contributed by atoms with van der Waals surface area (Å²) in [4.78, 5) is 0. The molecule has 8 heavy (non-hydrogen) atoms. The summed E-state index contributed by atoms with van der Waals surface area (Å²) in [6, 6.07) is 0. The number of hydrogen-bond donors (Lipinski definition) is 1. The van der Waals surface area contributed by atoms with Gasteiger partial charge in [-0.05, 0) is 0 Å². The van der Waals surface area contributed by atoms with Gasteiger partial charge in [-0.15, -0.1) is 0 Å². The van der Waals surface area contributed by atoms with Gasteiger partial charge in [0, 0.05) is 0 Å². The first-order chi connectivity index (χ1) is 2.94. The fraction of sp³-hybridized carbons (Fsp3) is 0. The second-order valence-corrected chi connectivity index (χ2v) is 2.24. The molecule has 2 nitrogen and oxygen atoms in total. The average Bonchev–Trinajstić information content (AvgIpc) is 1.31. The predicted molar refractivity (Wildman–Crippen MR) is 26.1 cm³/mol. The van der Waals surface area contributed by atoms with Gasteiger partial charge in [-0.3, -0.25) is 8.88 Å². The van der Waals surface area contributed by atoms with Crippen LogP contribution in [0, 0.1) is 0 Å². The molecule has 0 rings (SSSR count). The fourth-order valence-electron chi connectivity index (χ4n) is 0. The third-order valence-electron chi connectivity index (χ3n) is 0.248. The Kier molecular flexibility index (Phi) is 5.19. The van der Waals surface area contributed by atoms with Crippen LogP contribution in [0.3, 0.4) is 0 Å². The van der Waals surface area contributed by atoms with Crippen LogP contribution in [0.5, 0.6) is 0 Å². The minimum atomic E-state index is -5.85. The van der Waals surface area contributed by atoms with Crippen LogP contribution in [0.2, 0.25) is 0 Å². The van der Waals surface area contributed by atoms with Gasteiger partial charge in [-0.25, -0.2) is 0 Å². The summed E-state index contributed by atoms with van der Waals surface area (Å²) in [5.74, 6) is 0. The van der Waals surface area contributed by atoms with Crippen LogP contribution in [-0.4, -0.2) is 30.8 Å². The van der Waals surface area contributed by atoms with Crippen LogP contribution >= 0.6 is 7.64 Å². The van der Waals surface area contributed by atoms with Crippen LogP contribution in [0.1, 0.15) is 0 Å². The Morgan fingerprint density at radius 2 is 1.62 bits per heavy atom. The van der Waals surface area contributed by atoms with E-state index < -0.39 is 14.6 Å². The molecule has 0 saturated carbocycles. The van der Waals surface area contributed by atoms with Crippen molar-refractivity contribution in [3.05, 3.63) is 0 Å². The Balaban J connectivity index is 0. The normalized spacial score (nSPS) is 10.0. The maximum absolute atomic E-state index is 10.8. The molecule has 1 N–H and O–H groups in total. The SMILES string of the molecule is O=P(F)(F)B(O)F.[LiH]. The molecular weight excluding hydrogens is 138 g/mol. The van der Waals surface area contributed by atoms with Gasteiger partial charge < -0.3 is 5.02 Å². The van der Waals surface area contributed by atoms with Crippen molar-refractivity contribution in [2.24, 2.45) is 0 Å². The summed E-state index contributed by atoms with van der Waals surface area (Å²) >= 11 is 0. The standard InChI is InChI=1S/BF3HO2P.Li.H/c2-1(5)7(3,4)6;;/h5H;;. The van der Waals surface area contributed by atoms with Crippen LogP contribution in [0.4, 0.5) is 12.7 Å². The molecule has 0 amide bonds. The third-order valence-corrected chi connectivity index (χ3v) is 0.744. The Labute approximate surface area is 56.4 Å². The van der Waals surface area contributed by atoms with Crippen molar-refractivity contribution >= 4 is 33.4 Å². The van der Waals surface area contributed by atoms with Crippen LogP contribution in [0.15, 0.2) is 0 Å². The zero-order valence-corrected chi connectivity index (χ0v) is 3.91. The molecule has 0 bridgehead atoms. The topological polar surface area (TPSA) is 37.3 Å². The Hall–Kier alpha value is 0.642. The summed E-state index contributed by atoms with van der Waals surface area (Å²) in [6.07, 6.45) is 0. The molecule has 0 fully saturated rings.